The molecule has 6 heteroatoms. The first-order valence-electron chi connectivity index (χ1n) is 2.84. The fraction of sp³-hybridized carbons (Fsp3) is 0.600. The van der Waals surface area contributed by atoms with Crippen LogP contribution in [0.25, 0.3) is 0 Å². The molecule has 0 saturated carbocycles. The molecule has 0 aromatic carbocycles. The molecule has 1 aliphatic heterocycles. The summed E-state index contributed by atoms with van der Waals surface area (Å²) in [6, 6.07) is 0. The average Bonchev–Trinajstić information content (AvgIpc) is 1.87. The molecular formula is C5H8O6. The first-order valence-corrected chi connectivity index (χ1v) is 2.84. The molecule has 0 unspecified atom stereocenters. The van der Waals surface area contributed by atoms with Crippen LogP contribution in [0, 0.1) is 0 Å². The van der Waals surface area contributed by atoms with Gasteiger partial charge in [-0.3, -0.25) is 0 Å². The molecule has 1 heterocycles. The van der Waals surface area contributed by atoms with E-state index >= 15 is 0 Å². The molecule has 0 bridgehead atoms. The van der Waals surface area contributed by atoms with Crippen molar-refractivity contribution in [2.45, 2.75) is 6.42 Å². The van der Waals surface area contributed by atoms with Crippen LogP contribution in [0.2, 0.25) is 0 Å². The Bertz CT molecular complexity index is 130. The van der Waals surface area contributed by atoms with Crippen LogP contribution in [0.5, 0.6) is 0 Å². The molecule has 0 atom stereocenters. The highest BCUT2D eigenvalue weighted by Crippen LogP contribution is 1.95. The Labute approximate surface area is 62.3 Å². The Balaban J connectivity index is 0.000000218. The van der Waals surface area contributed by atoms with Gasteiger partial charge in [-0.15, -0.1) is 0 Å². The monoisotopic (exact) mass is 164 g/mol. The van der Waals surface area contributed by atoms with Gasteiger partial charge in [0.15, 0.2) is 0 Å². The maximum Gasteiger partial charge on any atom is 0.508 e. The van der Waals surface area contributed by atoms with E-state index in [1.54, 1.807) is 0 Å². The zero-order chi connectivity index (χ0) is 8.69. The predicted molar refractivity (Wildman–Crippen MR) is 32.6 cm³/mol. The van der Waals surface area contributed by atoms with E-state index in [9.17, 15) is 4.79 Å². The van der Waals surface area contributed by atoms with Crippen molar-refractivity contribution in [3.8, 4) is 0 Å². The molecule has 0 amide bonds. The first-order chi connectivity index (χ1) is 5.13. The van der Waals surface area contributed by atoms with Crippen LogP contribution in [0.15, 0.2) is 0 Å². The molecule has 0 spiro atoms. The van der Waals surface area contributed by atoms with Crippen LogP contribution in [0.3, 0.4) is 0 Å². The lowest BCUT2D eigenvalue weighted by molar-refractivity contribution is 0.0192. The lowest BCUT2D eigenvalue weighted by Gasteiger charge is -2.09. The largest absolute Gasteiger partial charge is 0.508 e. The summed E-state index contributed by atoms with van der Waals surface area (Å²) in [6.07, 6.45) is -1.54. The van der Waals surface area contributed by atoms with Crippen LogP contribution in [-0.4, -0.2) is 35.7 Å². The molecular weight excluding hydrogens is 156 g/mol. The second-order valence-corrected chi connectivity index (χ2v) is 1.58. The third kappa shape index (κ3) is 8.54. The number of hydrogen-bond acceptors (Lipinski definition) is 4. The fourth-order valence-corrected chi connectivity index (χ4v) is 0.412. The lowest BCUT2D eigenvalue weighted by Crippen LogP contribution is -2.16. The van der Waals surface area contributed by atoms with Crippen LogP contribution in [-0.2, 0) is 9.47 Å². The normalized spacial score (nSPS) is 15.1. The molecule has 6 nitrogen and oxygen atoms in total. The van der Waals surface area contributed by atoms with Gasteiger partial charge in [0, 0.05) is 6.42 Å². The van der Waals surface area contributed by atoms with Crippen molar-refractivity contribution in [2.24, 2.45) is 0 Å². The molecule has 0 aromatic rings. The van der Waals surface area contributed by atoms with Crippen LogP contribution in [0.1, 0.15) is 6.42 Å². The highest BCUT2D eigenvalue weighted by Gasteiger charge is 2.07. The van der Waals surface area contributed by atoms with Gasteiger partial charge in [-0.1, -0.05) is 0 Å². The maximum absolute atomic E-state index is 10.0. The number of carboxylic acid groups (broad SMARTS) is 2. The van der Waals surface area contributed by atoms with Gasteiger partial charge in [0.25, 0.3) is 0 Å². The molecule has 0 radical (unpaired) electrons. The van der Waals surface area contributed by atoms with Gasteiger partial charge in [0.2, 0.25) is 0 Å². The van der Waals surface area contributed by atoms with Crippen molar-refractivity contribution in [3.63, 3.8) is 0 Å². The highest BCUT2D eigenvalue weighted by atomic mass is 16.7. The summed E-state index contributed by atoms with van der Waals surface area (Å²) in [7, 11) is 0. The second kappa shape index (κ2) is 5.33. The zero-order valence-corrected chi connectivity index (χ0v) is 5.65. The quantitative estimate of drug-likeness (QED) is 0.513. The summed E-state index contributed by atoms with van der Waals surface area (Å²) in [4.78, 5) is 18.6. The molecule has 1 rings (SSSR count). The van der Waals surface area contributed by atoms with E-state index in [2.05, 4.69) is 9.47 Å². The molecule has 64 valence electrons. The molecule has 0 aliphatic carbocycles. The van der Waals surface area contributed by atoms with E-state index in [4.69, 9.17) is 15.0 Å². The van der Waals surface area contributed by atoms with Crippen molar-refractivity contribution >= 4 is 12.3 Å². The topological polar surface area (TPSA) is 93.1 Å². The van der Waals surface area contributed by atoms with E-state index in [0.29, 0.717) is 13.2 Å². The van der Waals surface area contributed by atoms with Gasteiger partial charge in [-0.25, -0.2) is 9.59 Å². The van der Waals surface area contributed by atoms with Crippen molar-refractivity contribution < 1.29 is 29.3 Å². The summed E-state index contributed by atoms with van der Waals surface area (Å²) >= 11 is 0. The number of cyclic esters (lactones) is 2. The minimum Gasteiger partial charge on any atom is -0.450 e. The Kier molecular flexibility index (Phi) is 4.63. The number of ether oxygens (including phenoxy) is 2. The van der Waals surface area contributed by atoms with Gasteiger partial charge >= 0.3 is 12.3 Å². The van der Waals surface area contributed by atoms with Crippen molar-refractivity contribution in [3.05, 3.63) is 0 Å². The van der Waals surface area contributed by atoms with E-state index < -0.39 is 12.3 Å². The van der Waals surface area contributed by atoms with E-state index in [-0.39, 0.29) is 0 Å². The smallest absolute Gasteiger partial charge is 0.450 e. The molecule has 1 fully saturated rings. The van der Waals surface area contributed by atoms with E-state index in [1.165, 1.54) is 0 Å². The minimum absolute atomic E-state index is 0.513. The summed E-state index contributed by atoms with van der Waals surface area (Å²) in [5.41, 5.74) is 0. The van der Waals surface area contributed by atoms with Gasteiger partial charge in [0.05, 0.1) is 13.2 Å². The molecule has 2 N–H and O–H groups in total. The third-order valence-electron chi connectivity index (χ3n) is 0.729. The fourth-order valence-electron chi connectivity index (χ4n) is 0.412. The average molecular weight is 164 g/mol. The Morgan fingerprint density at radius 1 is 1.27 bits per heavy atom. The standard InChI is InChI=1S/C4H6O3.CH2O3/c5-4-6-2-1-3-7-4;2-1(3)4/h1-3H2;(H2,2,3,4). The van der Waals surface area contributed by atoms with Crippen molar-refractivity contribution in [1.82, 2.24) is 0 Å². The number of carbonyl (C=O) groups is 2. The predicted octanol–water partition coefficient (Wildman–Crippen LogP) is 0.766. The Morgan fingerprint density at radius 3 is 1.82 bits per heavy atom. The summed E-state index contributed by atoms with van der Waals surface area (Å²) in [6.45, 7) is 1.03. The van der Waals surface area contributed by atoms with Crippen molar-refractivity contribution in [1.29, 1.82) is 0 Å². The minimum atomic E-state index is -1.83. The highest BCUT2D eigenvalue weighted by molar-refractivity contribution is 5.60. The van der Waals surface area contributed by atoms with Crippen LogP contribution < -0.4 is 0 Å². The number of carbonyl (C=O) groups excluding carboxylic acids is 1. The summed E-state index contributed by atoms with van der Waals surface area (Å²) in [5.74, 6) is 0. The molecule has 1 saturated heterocycles. The number of rotatable bonds is 0. The summed E-state index contributed by atoms with van der Waals surface area (Å²) < 4.78 is 8.83. The summed E-state index contributed by atoms with van der Waals surface area (Å²) in [5, 5.41) is 13.9. The van der Waals surface area contributed by atoms with E-state index in [0.717, 1.165) is 6.42 Å². The third-order valence-corrected chi connectivity index (χ3v) is 0.729. The Hall–Kier alpha value is -1.46. The second-order valence-electron chi connectivity index (χ2n) is 1.58. The van der Waals surface area contributed by atoms with Gasteiger partial charge in [-0.05, 0) is 0 Å². The Morgan fingerprint density at radius 2 is 1.64 bits per heavy atom. The molecule has 11 heavy (non-hydrogen) atoms. The van der Waals surface area contributed by atoms with Gasteiger partial charge < -0.3 is 19.7 Å². The van der Waals surface area contributed by atoms with E-state index in [1.807, 2.05) is 0 Å². The lowest BCUT2D eigenvalue weighted by atomic mass is 10.5. The maximum atomic E-state index is 10.0. The van der Waals surface area contributed by atoms with Gasteiger partial charge in [-0.2, -0.15) is 0 Å². The molecule has 0 aromatic heterocycles. The van der Waals surface area contributed by atoms with Gasteiger partial charge in [0.1, 0.15) is 0 Å². The van der Waals surface area contributed by atoms with Crippen LogP contribution >= 0.6 is 0 Å². The SMILES string of the molecule is O=C(O)O.O=C1OCCCO1. The zero-order valence-electron chi connectivity index (χ0n) is 5.65. The molecule has 1 aliphatic rings. The first kappa shape index (κ1) is 9.54. The number of hydrogen-bond donors (Lipinski definition) is 2. The van der Waals surface area contributed by atoms with Crippen LogP contribution in [0.4, 0.5) is 9.59 Å². The van der Waals surface area contributed by atoms with Crippen molar-refractivity contribution in [2.75, 3.05) is 13.2 Å².